The van der Waals surface area contributed by atoms with Crippen LogP contribution in [-0.2, 0) is 14.8 Å². The predicted molar refractivity (Wildman–Crippen MR) is 102 cm³/mol. The van der Waals surface area contributed by atoms with E-state index < -0.39 is 10.0 Å². The molecule has 1 unspecified atom stereocenters. The zero-order valence-electron chi connectivity index (χ0n) is 14.0. The average Bonchev–Trinajstić information content (AvgIpc) is 2.56. The molecule has 25 heavy (non-hydrogen) atoms. The Balaban J connectivity index is 0.00000312. The fourth-order valence-corrected chi connectivity index (χ4v) is 4.83. The van der Waals surface area contributed by atoms with Crippen molar-refractivity contribution < 1.29 is 13.2 Å². The Kier molecular flexibility index (Phi) is 8.44. The lowest BCUT2D eigenvalue weighted by molar-refractivity contribution is -0.136. The Morgan fingerprint density at radius 2 is 1.84 bits per heavy atom. The molecule has 0 bridgehead atoms. The fraction of sp³-hybridized carbons (Fsp3) is 0.533. The van der Waals surface area contributed by atoms with E-state index in [1.165, 1.54) is 16.4 Å². The van der Waals surface area contributed by atoms with Crippen molar-refractivity contribution >= 4 is 51.5 Å². The van der Waals surface area contributed by atoms with Crippen molar-refractivity contribution in [2.45, 2.75) is 11.8 Å². The lowest BCUT2D eigenvalue weighted by atomic mass is 10.1. The number of benzene rings is 1. The van der Waals surface area contributed by atoms with Gasteiger partial charge in [0.1, 0.15) is 4.90 Å². The largest absolute Gasteiger partial charge is 0.340 e. The summed E-state index contributed by atoms with van der Waals surface area (Å²) in [6.45, 7) is 3.66. The minimum absolute atomic E-state index is 0. The van der Waals surface area contributed by atoms with Crippen LogP contribution in [0.15, 0.2) is 23.1 Å². The van der Waals surface area contributed by atoms with Crippen LogP contribution in [0, 0.1) is 5.92 Å². The molecule has 0 aliphatic carbocycles. The Labute approximate surface area is 164 Å². The summed E-state index contributed by atoms with van der Waals surface area (Å²) in [5, 5.41) is 3.42. The van der Waals surface area contributed by atoms with Crippen LogP contribution in [-0.4, -0.2) is 63.3 Å². The third-order valence-corrected chi connectivity index (χ3v) is 6.61. The average molecular weight is 431 g/mol. The van der Waals surface area contributed by atoms with Crippen molar-refractivity contribution in [2.75, 3.05) is 39.8 Å². The Morgan fingerprint density at radius 3 is 2.40 bits per heavy atom. The molecule has 1 N–H and O–H groups in total. The standard InChI is InChI=1S/C15H21Cl2N3O3S.ClH/c1-11(10-18-2)15(21)19-5-7-20(8-6-19)24(22,23)14-9-12(16)3-4-13(14)17;/h3-4,9,11,18H,5-8,10H2,1-2H3;1H. The monoisotopic (exact) mass is 429 g/mol. The van der Waals surface area contributed by atoms with Crippen molar-refractivity contribution in [1.82, 2.24) is 14.5 Å². The Bertz CT molecular complexity index is 707. The highest BCUT2D eigenvalue weighted by molar-refractivity contribution is 7.89. The van der Waals surface area contributed by atoms with Crippen LogP contribution in [0.3, 0.4) is 0 Å². The number of nitrogens with zero attached hydrogens (tertiary/aromatic N) is 2. The SMILES string of the molecule is CNCC(C)C(=O)N1CCN(S(=O)(=O)c2cc(Cl)ccc2Cl)CC1.Cl. The quantitative estimate of drug-likeness (QED) is 0.777. The van der Waals surface area contributed by atoms with Gasteiger partial charge in [-0.25, -0.2) is 8.42 Å². The van der Waals surface area contributed by atoms with Gasteiger partial charge in [-0.2, -0.15) is 4.31 Å². The number of carbonyl (C=O) groups excluding carboxylic acids is 1. The summed E-state index contributed by atoms with van der Waals surface area (Å²) in [7, 11) is -1.93. The van der Waals surface area contributed by atoms with Crippen molar-refractivity contribution in [3.63, 3.8) is 0 Å². The van der Waals surface area contributed by atoms with Gasteiger partial charge in [0.15, 0.2) is 0 Å². The Hall–Kier alpha value is -0.570. The van der Waals surface area contributed by atoms with Crippen LogP contribution in [0.25, 0.3) is 0 Å². The van der Waals surface area contributed by atoms with Gasteiger partial charge in [-0.15, -0.1) is 12.4 Å². The van der Waals surface area contributed by atoms with Gasteiger partial charge in [-0.1, -0.05) is 30.1 Å². The van der Waals surface area contributed by atoms with Crippen molar-refractivity contribution in [1.29, 1.82) is 0 Å². The second-order valence-electron chi connectivity index (χ2n) is 5.76. The maximum absolute atomic E-state index is 12.7. The first-order valence-corrected chi connectivity index (χ1v) is 9.85. The smallest absolute Gasteiger partial charge is 0.244 e. The maximum Gasteiger partial charge on any atom is 0.244 e. The van der Waals surface area contributed by atoms with E-state index in [-0.39, 0.29) is 47.2 Å². The first-order chi connectivity index (χ1) is 11.3. The molecule has 2 rings (SSSR count). The summed E-state index contributed by atoms with van der Waals surface area (Å²) >= 11 is 11.9. The van der Waals surface area contributed by atoms with Crippen LogP contribution >= 0.6 is 35.6 Å². The highest BCUT2D eigenvalue weighted by Crippen LogP contribution is 2.28. The fourth-order valence-electron chi connectivity index (χ4n) is 2.67. The number of rotatable bonds is 5. The van der Waals surface area contributed by atoms with E-state index >= 15 is 0 Å². The lowest BCUT2D eigenvalue weighted by Gasteiger charge is -2.35. The van der Waals surface area contributed by atoms with Crippen LogP contribution in [0.5, 0.6) is 0 Å². The molecule has 1 aromatic carbocycles. The summed E-state index contributed by atoms with van der Waals surface area (Å²) in [4.78, 5) is 14.0. The van der Waals surface area contributed by atoms with Crippen LogP contribution in [0.2, 0.25) is 10.0 Å². The number of amides is 1. The molecule has 10 heteroatoms. The summed E-state index contributed by atoms with van der Waals surface area (Å²) in [6, 6.07) is 4.37. The van der Waals surface area contributed by atoms with Gasteiger partial charge in [0.2, 0.25) is 15.9 Å². The minimum Gasteiger partial charge on any atom is -0.340 e. The van der Waals surface area contributed by atoms with E-state index in [1.807, 2.05) is 6.92 Å². The van der Waals surface area contributed by atoms with Gasteiger partial charge in [0.25, 0.3) is 0 Å². The Morgan fingerprint density at radius 1 is 1.24 bits per heavy atom. The molecule has 1 heterocycles. The summed E-state index contributed by atoms with van der Waals surface area (Å²) in [5.74, 6) is -0.109. The van der Waals surface area contributed by atoms with Crippen molar-refractivity contribution in [2.24, 2.45) is 5.92 Å². The van der Waals surface area contributed by atoms with E-state index in [1.54, 1.807) is 18.0 Å². The number of sulfonamides is 1. The molecule has 1 aliphatic heterocycles. The first kappa shape index (κ1) is 22.5. The summed E-state index contributed by atoms with van der Waals surface area (Å²) < 4.78 is 26.8. The topological polar surface area (TPSA) is 69.7 Å². The number of hydrogen-bond donors (Lipinski definition) is 1. The molecule has 142 valence electrons. The molecule has 1 atom stereocenters. The van der Waals surface area contributed by atoms with Gasteiger partial charge >= 0.3 is 0 Å². The molecule has 1 aliphatic rings. The normalized spacial score (nSPS) is 17.0. The van der Waals surface area contributed by atoms with E-state index in [0.29, 0.717) is 24.7 Å². The zero-order valence-corrected chi connectivity index (χ0v) is 17.2. The molecule has 1 amide bonds. The van der Waals surface area contributed by atoms with Crippen molar-refractivity contribution in [3.8, 4) is 0 Å². The van der Waals surface area contributed by atoms with Crippen LogP contribution in [0.4, 0.5) is 0 Å². The summed E-state index contributed by atoms with van der Waals surface area (Å²) in [6.07, 6.45) is 0. The highest BCUT2D eigenvalue weighted by Gasteiger charge is 2.32. The second-order valence-corrected chi connectivity index (χ2v) is 8.51. The second kappa shape index (κ2) is 9.39. The third-order valence-electron chi connectivity index (χ3n) is 3.99. The zero-order chi connectivity index (χ0) is 17.9. The molecule has 1 saturated heterocycles. The van der Waals surface area contributed by atoms with Gasteiger partial charge in [-0.05, 0) is 25.2 Å². The molecule has 0 saturated carbocycles. The minimum atomic E-state index is -3.73. The number of carbonyl (C=O) groups is 1. The number of hydrogen-bond acceptors (Lipinski definition) is 4. The molecule has 0 spiro atoms. The molecule has 6 nitrogen and oxygen atoms in total. The molecular weight excluding hydrogens is 409 g/mol. The lowest BCUT2D eigenvalue weighted by Crippen LogP contribution is -2.52. The molecule has 1 aromatic rings. The highest BCUT2D eigenvalue weighted by atomic mass is 35.5. The summed E-state index contributed by atoms with van der Waals surface area (Å²) in [5.41, 5.74) is 0. The maximum atomic E-state index is 12.7. The van der Waals surface area contributed by atoms with Gasteiger partial charge in [-0.3, -0.25) is 4.79 Å². The third kappa shape index (κ3) is 5.21. The van der Waals surface area contributed by atoms with E-state index in [9.17, 15) is 13.2 Å². The number of nitrogens with one attached hydrogen (secondary N) is 1. The van der Waals surface area contributed by atoms with Gasteiger partial charge in [0.05, 0.1) is 5.02 Å². The van der Waals surface area contributed by atoms with E-state index in [4.69, 9.17) is 23.2 Å². The van der Waals surface area contributed by atoms with Crippen LogP contribution in [0.1, 0.15) is 6.92 Å². The van der Waals surface area contributed by atoms with Crippen LogP contribution < -0.4 is 5.32 Å². The number of piperazine rings is 1. The number of halogens is 3. The molecule has 0 radical (unpaired) electrons. The molecule has 0 aromatic heterocycles. The first-order valence-electron chi connectivity index (χ1n) is 7.66. The van der Waals surface area contributed by atoms with Gasteiger partial charge < -0.3 is 10.2 Å². The van der Waals surface area contributed by atoms with Gasteiger partial charge in [0, 0.05) is 43.7 Å². The molecule has 1 fully saturated rings. The predicted octanol–water partition coefficient (Wildman–Crippen LogP) is 2.10. The van der Waals surface area contributed by atoms with Crippen molar-refractivity contribution in [3.05, 3.63) is 28.2 Å². The van der Waals surface area contributed by atoms with E-state index in [2.05, 4.69) is 5.32 Å². The molecular formula is C15H22Cl3N3O3S. The van der Waals surface area contributed by atoms with E-state index in [0.717, 1.165) is 0 Å².